The van der Waals surface area contributed by atoms with E-state index in [2.05, 4.69) is 33.0 Å². The van der Waals surface area contributed by atoms with E-state index >= 15 is 0 Å². The number of aryl methyl sites for hydroxylation is 1. The Hall–Kier alpha value is -4.22. The summed E-state index contributed by atoms with van der Waals surface area (Å²) < 4.78 is 7.21. The molecule has 4 atom stereocenters. The molecule has 270 valence electrons. The van der Waals surface area contributed by atoms with Crippen LogP contribution in [0.25, 0.3) is 11.0 Å². The van der Waals surface area contributed by atoms with E-state index in [0.717, 1.165) is 61.6 Å². The molecule has 4 aromatic rings. The maximum absolute atomic E-state index is 14.2. The first kappa shape index (κ1) is 35.2. The third-order valence-corrected chi connectivity index (χ3v) is 11.9. The number of fused-ring (bicyclic) bond motifs is 1. The molecule has 0 saturated heterocycles. The van der Waals surface area contributed by atoms with Gasteiger partial charge >= 0.3 is 0 Å². The first-order valence-corrected chi connectivity index (χ1v) is 18.5. The van der Waals surface area contributed by atoms with E-state index in [1.165, 1.54) is 0 Å². The van der Waals surface area contributed by atoms with Crippen LogP contribution in [0.1, 0.15) is 98.2 Å². The number of H-pyrrole nitrogens is 1. The number of nitrogens with zero attached hydrogens (tertiary/aromatic N) is 3. The van der Waals surface area contributed by atoms with Gasteiger partial charge in [-0.25, -0.2) is 4.98 Å². The summed E-state index contributed by atoms with van der Waals surface area (Å²) in [6.07, 6.45) is 8.64. The number of carbonyl (C=O) groups is 3. The molecule has 12 heteroatoms. The highest BCUT2D eigenvalue weighted by molar-refractivity contribution is 6.31. The first-order valence-electron chi connectivity index (χ1n) is 18.1. The van der Waals surface area contributed by atoms with Crippen molar-refractivity contribution in [2.24, 2.45) is 24.3 Å². The first-order chi connectivity index (χ1) is 24.5. The van der Waals surface area contributed by atoms with E-state index in [1.54, 1.807) is 31.1 Å². The Balaban J connectivity index is 1.21. The number of nitrogens with one attached hydrogen (secondary N) is 4. The Morgan fingerprint density at radius 2 is 1.86 bits per heavy atom. The van der Waals surface area contributed by atoms with Crippen molar-refractivity contribution in [3.05, 3.63) is 82.4 Å². The van der Waals surface area contributed by atoms with Crippen LogP contribution in [-0.4, -0.2) is 63.8 Å². The van der Waals surface area contributed by atoms with Crippen LogP contribution in [0.3, 0.4) is 0 Å². The Labute approximate surface area is 303 Å². The van der Waals surface area contributed by atoms with Crippen LogP contribution in [0.5, 0.6) is 0 Å². The molecule has 3 fully saturated rings. The molecule has 2 heterocycles. The minimum Gasteiger partial charge on any atom is -0.383 e. The Kier molecular flexibility index (Phi) is 9.71. The molecule has 11 nitrogen and oxygen atoms in total. The fraction of sp³-hybridized carbons (Fsp3) is 0.513. The van der Waals surface area contributed by atoms with Gasteiger partial charge in [0.05, 0.1) is 29.1 Å². The lowest BCUT2D eigenvalue weighted by Crippen LogP contribution is -2.55. The number of benzene rings is 2. The molecule has 2 aromatic heterocycles. The van der Waals surface area contributed by atoms with Crippen LogP contribution < -0.4 is 16.0 Å². The largest absolute Gasteiger partial charge is 0.383 e. The summed E-state index contributed by atoms with van der Waals surface area (Å²) in [6, 6.07) is 14.6. The molecule has 3 aliphatic rings. The van der Waals surface area contributed by atoms with E-state index in [1.807, 2.05) is 49.4 Å². The summed E-state index contributed by atoms with van der Waals surface area (Å²) in [5.74, 6) is 0.542. The molecule has 3 saturated carbocycles. The quantitative estimate of drug-likeness (QED) is 0.124. The SMILES string of the molecule is COCC(C)(C(=O)N[C@@H](CNC(=O)C1CC1)C1CCC1)c1ccc2nc([C@@H](NC(=O)c3ccnn3C)[C@H](c3ccccc3Cl)C3(C)CC3)[nH]c2c1. The van der Waals surface area contributed by atoms with Gasteiger partial charge in [-0.15, -0.1) is 0 Å². The van der Waals surface area contributed by atoms with E-state index in [4.69, 9.17) is 21.3 Å². The molecule has 2 aromatic carbocycles. The van der Waals surface area contributed by atoms with Crippen molar-refractivity contribution < 1.29 is 19.1 Å². The molecular weight excluding hydrogens is 666 g/mol. The monoisotopic (exact) mass is 713 g/mol. The van der Waals surface area contributed by atoms with Crippen molar-refractivity contribution >= 4 is 40.4 Å². The minimum absolute atomic E-state index is 0.0796. The van der Waals surface area contributed by atoms with Gasteiger partial charge < -0.3 is 25.7 Å². The zero-order valence-electron chi connectivity index (χ0n) is 29.8. The van der Waals surface area contributed by atoms with Crippen molar-refractivity contribution in [3.63, 3.8) is 0 Å². The van der Waals surface area contributed by atoms with Crippen molar-refractivity contribution in [3.8, 4) is 0 Å². The van der Waals surface area contributed by atoms with Gasteiger partial charge in [0.25, 0.3) is 5.91 Å². The topological polar surface area (TPSA) is 143 Å². The van der Waals surface area contributed by atoms with E-state index in [0.29, 0.717) is 34.5 Å². The molecule has 0 spiro atoms. The molecule has 3 aliphatic carbocycles. The van der Waals surface area contributed by atoms with Gasteiger partial charge in [-0.3, -0.25) is 19.1 Å². The fourth-order valence-electron chi connectivity index (χ4n) is 7.61. The predicted octanol–water partition coefficient (Wildman–Crippen LogP) is 5.72. The number of rotatable bonds is 15. The van der Waals surface area contributed by atoms with Crippen LogP contribution in [-0.2, 0) is 26.8 Å². The molecular formula is C39H48ClN7O4. The van der Waals surface area contributed by atoms with Gasteiger partial charge in [0.2, 0.25) is 11.8 Å². The minimum atomic E-state index is -1.02. The summed E-state index contributed by atoms with van der Waals surface area (Å²) in [4.78, 5) is 49.0. The van der Waals surface area contributed by atoms with Gasteiger partial charge in [-0.05, 0) is 92.2 Å². The summed E-state index contributed by atoms with van der Waals surface area (Å²) in [5, 5.41) is 14.5. The zero-order valence-corrected chi connectivity index (χ0v) is 30.6. The Bertz CT molecular complexity index is 1930. The van der Waals surface area contributed by atoms with Crippen molar-refractivity contribution in [1.82, 2.24) is 35.7 Å². The molecule has 1 unspecified atom stereocenters. The molecule has 4 N–H and O–H groups in total. The highest BCUT2D eigenvalue weighted by Gasteiger charge is 2.51. The van der Waals surface area contributed by atoms with Gasteiger partial charge in [0.1, 0.15) is 11.5 Å². The van der Waals surface area contributed by atoms with Crippen LogP contribution in [0, 0.1) is 17.3 Å². The third-order valence-electron chi connectivity index (χ3n) is 11.5. The maximum atomic E-state index is 14.2. The second-order valence-electron chi connectivity index (χ2n) is 15.4. The van der Waals surface area contributed by atoms with Gasteiger partial charge in [-0.1, -0.05) is 49.2 Å². The zero-order chi connectivity index (χ0) is 35.9. The van der Waals surface area contributed by atoms with E-state index < -0.39 is 11.5 Å². The molecule has 7 rings (SSSR count). The van der Waals surface area contributed by atoms with Crippen molar-refractivity contribution in [2.75, 3.05) is 20.3 Å². The summed E-state index contributed by atoms with van der Waals surface area (Å²) in [5.41, 5.74) is 2.48. The Morgan fingerprint density at radius 3 is 2.49 bits per heavy atom. The smallest absolute Gasteiger partial charge is 0.270 e. The number of carbonyl (C=O) groups excluding carboxylic acids is 3. The second-order valence-corrected chi connectivity index (χ2v) is 15.8. The summed E-state index contributed by atoms with van der Waals surface area (Å²) >= 11 is 6.85. The molecule has 51 heavy (non-hydrogen) atoms. The number of halogens is 1. The van der Waals surface area contributed by atoms with Gasteiger partial charge in [-0.2, -0.15) is 5.10 Å². The predicted molar refractivity (Wildman–Crippen MR) is 195 cm³/mol. The van der Waals surface area contributed by atoms with Crippen LogP contribution >= 0.6 is 11.6 Å². The number of methoxy groups -OCH3 is 1. The summed E-state index contributed by atoms with van der Waals surface area (Å²) in [7, 11) is 3.34. The number of ether oxygens (including phenoxy) is 1. The van der Waals surface area contributed by atoms with E-state index in [-0.39, 0.29) is 47.6 Å². The van der Waals surface area contributed by atoms with Gasteiger partial charge in [0, 0.05) is 49.8 Å². The second kappa shape index (κ2) is 14.1. The lowest BCUT2D eigenvalue weighted by Gasteiger charge is -2.37. The highest BCUT2D eigenvalue weighted by atomic mass is 35.5. The van der Waals surface area contributed by atoms with Crippen molar-refractivity contribution in [1.29, 1.82) is 0 Å². The molecule has 0 aliphatic heterocycles. The third kappa shape index (κ3) is 7.15. The highest BCUT2D eigenvalue weighted by Crippen LogP contribution is 2.60. The number of aromatic amines is 1. The Morgan fingerprint density at radius 1 is 1.10 bits per heavy atom. The number of imidazole rings is 1. The molecule has 3 amide bonds. The van der Waals surface area contributed by atoms with Crippen LogP contribution in [0.2, 0.25) is 5.02 Å². The van der Waals surface area contributed by atoms with Crippen molar-refractivity contribution in [2.45, 2.75) is 82.2 Å². The fourth-order valence-corrected chi connectivity index (χ4v) is 7.86. The van der Waals surface area contributed by atoms with Crippen LogP contribution in [0.15, 0.2) is 54.7 Å². The molecule has 0 radical (unpaired) electrons. The standard InChI is InChI=1S/C39H48ClN7O4/c1-38(17-18-38)32(26-10-5-6-11-27(26)40)33(46-36(49)31-16-19-42-47(31)3)34-43-28-15-14-25(20-29(28)44-34)39(2,22-51-4)37(50)45-30(23-8-7-9-23)21-41-35(48)24-12-13-24/h5-6,10-11,14-16,19-20,23-24,30,32-33H,7-9,12-13,17-18,21-22H2,1-4H3,(H,41,48)(H,43,44)(H,45,50)(H,46,49)/t30-,32-,33-,39?/m0/s1. The maximum Gasteiger partial charge on any atom is 0.270 e. The molecule has 0 bridgehead atoms. The number of hydrogen-bond donors (Lipinski definition) is 4. The van der Waals surface area contributed by atoms with Crippen LogP contribution in [0.4, 0.5) is 0 Å². The lowest BCUT2D eigenvalue weighted by molar-refractivity contribution is -0.130. The number of hydrogen-bond acceptors (Lipinski definition) is 6. The average Bonchev–Trinajstić information content (AvgIpc) is 3.99. The van der Waals surface area contributed by atoms with Gasteiger partial charge in [0.15, 0.2) is 0 Å². The lowest BCUT2D eigenvalue weighted by atomic mass is 9.77. The number of amides is 3. The summed E-state index contributed by atoms with van der Waals surface area (Å²) in [6.45, 7) is 4.71. The number of aromatic nitrogens is 4. The average molecular weight is 714 g/mol. The normalized spacial score (nSPS) is 19.7. The van der Waals surface area contributed by atoms with E-state index in [9.17, 15) is 14.4 Å².